The molecule has 0 radical (unpaired) electrons. The third kappa shape index (κ3) is 3.71. The van der Waals surface area contributed by atoms with Crippen molar-refractivity contribution in [3.05, 3.63) is 35.9 Å². The molecular formula is C15H22N2S2. The monoisotopic (exact) mass is 294 g/mol. The highest BCUT2D eigenvalue weighted by molar-refractivity contribution is 8.02. The van der Waals surface area contributed by atoms with Crippen molar-refractivity contribution in [1.82, 2.24) is 4.90 Å². The summed E-state index contributed by atoms with van der Waals surface area (Å²) in [4.78, 5) is 3.21. The molecule has 1 aliphatic heterocycles. The van der Waals surface area contributed by atoms with Gasteiger partial charge in [-0.2, -0.15) is 11.8 Å². The van der Waals surface area contributed by atoms with Gasteiger partial charge in [0, 0.05) is 6.54 Å². The van der Waals surface area contributed by atoms with Gasteiger partial charge in [-0.15, -0.1) is 0 Å². The zero-order valence-electron chi connectivity index (χ0n) is 11.5. The molecule has 1 fully saturated rings. The Bertz CT molecular complexity index is 411. The summed E-state index contributed by atoms with van der Waals surface area (Å²) >= 11 is 7.07. The van der Waals surface area contributed by atoms with Crippen LogP contribution in [0.3, 0.4) is 0 Å². The summed E-state index contributed by atoms with van der Waals surface area (Å²) in [5, 5.41) is 0. The largest absolute Gasteiger partial charge is 0.392 e. The Morgan fingerprint density at radius 2 is 1.95 bits per heavy atom. The first kappa shape index (κ1) is 14.8. The fourth-order valence-corrected chi connectivity index (χ4v) is 3.87. The number of piperidine rings is 1. The molecule has 0 aromatic heterocycles. The molecule has 2 nitrogen and oxygen atoms in total. The van der Waals surface area contributed by atoms with Crippen LogP contribution in [0.15, 0.2) is 30.3 Å². The van der Waals surface area contributed by atoms with Gasteiger partial charge < -0.3 is 10.6 Å². The Kier molecular flexibility index (Phi) is 5.25. The highest BCUT2D eigenvalue weighted by atomic mass is 32.2. The van der Waals surface area contributed by atoms with Gasteiger partial charge in [0.2, 0.25) is 0 Å². The fraction of sp³-hybridized carbons (Fsp3) is 0.533. The highest BCUT2D eigenvalue weighted by Crippen LogP contribution is 2.34. The number of hydrogen-bond acceptors (Lipinski definition) is 3. The molecular weight excluding hydrogens is 272 g/mol. The van der Waals surface area contributed by atoms with Crippen molar-refractivity contribution in [2.24, 2.45) is 5.73 Å². The molecule has 1 aliphatic rings. The predicted octanol–water partition coefficient (Wildman–Crippen LogP) is 2.71. The minimum Gasteiger partial charge on any atom is -0.392 e. The summed E-state index contributed by atoms with van der Waals surface area (Å²) in [6.07, 6.45) is 5.41. The van der Waals surface area contributed by atoms with E-state index in [9.17, 15) is 0 Å². The lowest BCUT2D eigenvalue weighted by atomic mass is 9.95. The minimum atomic E-state index is 0.0403. The standard InChI is InChI=1S/C15H22N2S2/c1-19-15(14(16)18)8-11-17(12-9-15)10-7-13-5-3-2-4-6-13/h2-6H,7-12H2,1H3,(H2,16,18). The Labute approximate surface area is 125 Å². The number of thioether (sulfide) groups is 1. The van der Waals surface area contributed by atoms with Gasteiger partial charge in [-0.25, -0.2) is 0 Å². The van der Waals surface area contributed by atoms with Crippen molar-refractivity contribution >= 4 is 29.0 Å². The summed E-state index contributed by atoms with van der Waals surface area (Å²) in [6, 6.07) is 10.7. The van der Waals surface area contributed by atoms with Gasteiger partial charge in [-0.3, -0.25) is 0 Å². The molecule has 19 heavy (non-hydrogen) atoms. The van der Waals surface area contributed by atoms with Crippen LogP contribution < -0.4 is 5.73 Å². The average molecular weight is 294 g/mol. The average Bonchev–Trinajstić information content (AvgIpc) is 2.46. The summed E-state index contributed by atoms with van der Waals surface area (Å²) in [5.41, 5.74) is 7.33. The molecule has 104 valence electrons. The molecule has 2 rings (SSSR count). The summed E-state index contributed by atoms with van der Waals surface area (Å²) in [6.45, 7) is 3.34. The molecule has 0 saturated carbocycles. The van der Waals surface area contributed by atoms with Crippen LogP contribution in [0.5, 0.6) is 0 Å². The van der Waals surface area contributed by atoms with Crippen molar-refractivity contribution in [2.75, 3.05) is 25.9 Å². The lowest BCUT2D eigenvalue weighted by Crippen LogP contribution is -2.49. The molecule has 4 heteroatoms. The molecule has 0 atom stereocenters. The zero-order valence-corrected chi connectivity index (χ0v) is 13.1. The lowest BCUT2D eigenvalue weighted by Gasteiger charge is -2.40. The Morgan fingerprint density at radius 3 is 2.47 bits per heavy atom. The van der Waals surface area contributed by atoms with Crippen molar-refractivity contribution in [2.45, 2.75) is 24.0 Å². The molecule has 2 N–H and O–H groups in total. The Balaban J connectivity index is 1.82. The van der Waals surface area contributed by atoms with E-state index in [2.05, 4.69) is 41.5 Å². The second-order valence-corrected chi connectivity index (χ2v) is 6.77. The quantitative estimate of drug-likeness (QED) is 0.846. The van der Waals surface area contributed by atoms with Crippen LogP contribution >= 0.6 is 24.0 Å². The first-order valence-corrected chi connectivity index (χ1v) is 8.41. The SMILES string of the molecule is CSC1(C(N)=S)CCN(CCc2ccccc2)CC1. The van der Waals surface area contributed by atoms with Crippen molar-refractivity contribution in [3.63, 3.8) is 0 Å². The minimum absolute atomic E-state index is 0.0403. The van der Waals surface area contributed by atoms with E-state index in [0.29, 0.717) is 4.99 Å². The molecule has 0 bridgehead atoms. The van der Waals surface area contributed by atoms with E-state index in [4.69, 9.17) is 18.0 Å². The van der Waals surface area contributed by atoms with E-state index >= 15 is 0 Å². The van der Waals surface area contributed by atoms with Gasteiger partial charge in [0.25, 0.3) is 0 Å². The fourth-order valence-electron chi connectivity index (χ4n) is 2.62. The third-order valence-corrected chi connectivity index (χ3v) is 5.99. The van der Waals surface area contributed by atoms with Crippen LogP contribution in [0.25, 0.3) is 0 Å². The van der Waals surface area contributed by atoms with Crippen molar-refractivity contribution in [1.29, 1.82) is 0 Å². The molecule has 1 heterocycles. The molecule has 1 aromatic rings. The van der Waals surface area contributed by atoms with Crippen LogP contribution in [-0.4, -0.2) is 40.5 Å². The topological polar surface area (TPSA) is 29.3 Å². The van der Waals surface area contributed by atoms with Crippen molar-refractivity contribution < 1.29 is 0 Å². The second-order valence-electron chi connectivity index (χ2n) is 5.14. The van der Waals surface area contributed by atoms with E-state index in [1.165, 1.54) is 5.56 Å². The lowest BCUT2D eigenvalue weighted by molar-refractivity contribution is 0.223. The van der Waals surface area contributed by atoms with Crippen LogP contribution in [-0.2, 0) is 6.42 Å². The van der Waals surface area contributed by atoms with Gasteiger partial charge in [0.1, 0.15) is 0 Å². The van der Waals surface area contributed by atoms with E-state index in [1.807, 2.05) is 11.8 Å². The summed E-state index contributed by atoms with van der Waals surface area (Å²) < 4.78 is 0.0403. The molecule has 1 aromatic carbocycles. The number of rotatable bonds is 5. The number of hydrogen-bond donors (Lipinski definition) is 1. The first-order valence-electron chi connectivity index (χ1n) is 6.78. The normalized spacial score (nSPS) is 19.2. The van der Waals surface area contributed by atoms with Crippen LogP contribution in [0.2, 0.25) is 0 Å². The number of nitrogens with zero attached hydrogens (tertiary/aromatic N) is 1. The van der Waals surface area contributed by atoms with Gasteiger partial charge in [-0.05, 0) is 44.2 Å². The summed E-state index contributed by atoms with van der Waals surface area (Å²) in [5.74, 6) is 0. The van der Waals surface area contributed by atoms with Gasteiger partial charge in [-0.1, -0.05) is 42.5 Å². The Morgan fingerprint density at radius 1 is 1.32 bits per heavy atom. The Hall–Kier alpha value is -0.580. The van der Waals surface area contributed by atoms with Gasteiger partial charge in [0.15, 0.2) is 0 Å². The smallest absolute Gasteiger partial charge is 0.0891 e. The van der Waals surface area contributed by atoms with E-state index in [1.54, 1.807) is 0 Å². The third-order valence-electron chi connectivity index (χ3n) is 4.06. The molecule has 0 aliphatic carbocycles. The van der Waals surface area contributed by atoms with E-state index < -0.39 is 0 Å². The molecule has 1 saturated heterocycles. The number of nitrogens with two attached hydrogens (primary N) is 1. The van der Waals surface area contributed by atoms with Gasteiger partial charge >= 0.3 is 0 Å². The number of likely N-dealkylation sites (tertiary alicyclic amines) is 1. The predicted molar refractivity (Wildman–Crippen MR) is 88.9 cm³/mol. The molecule has 0 amide bonds. The zero-order chi connectivity index (χ0) is 13.7. The maximum absolute atomic E-state index is 5.92. The molecule has 0 unspecified atom stereocenters. The number of thiocarbonyl (C=S) groups is 1. The van der Waals surface area contributed by atoms with Crippen LogP contribution in [0.4, 0.5) is 0 Å². The maximum atomic E-state index is 5.92. The van der Waals surface area contributed by atoms with E-state index in [-0.39, 0.29) is 4.75 Å². The summed E-state index contributed by atoms with van der Waals surface area (Å²) in [7, 11) is 0. The van der Waals surface area contributed by atoms with Crippen LogP contribution in [0, 0.1) is 0 Å². The van der Waals surface area contributed by atoms with Gasteiger partial charge in [0.05, 0.1) is 9.74 Å². The van der Waals surface area contributed by atoms with Crippen LogP contribution in [0.1, 0.15) is 18.4 Å². The number of benzene rings is 1. The first-order chi connectivity index (χ1) is 9.16. The maximum Gasteiger partial charge on any atom is 0.0891 e. The van der Waals surface area contributed by atoms with E-state index in [0.717, 1.165) is 38.9 Å². The second kappa shape index (κ2) is 6.73. The van der Waals surface area contributed by atoms with Crippen molar-refractivity contribution in [3.8, 4) is 0 Å². The highest BCUT2D eigenvalue weighted by Gasteiger charge is 2.36. The molecule has 0 spiro atoms.